The van der Waals surface area contributed by atoms with E-state index >= 15 is 0 Å². The van der Waals surface area contributed by atoms with E-state index in [9.17, 15) is 0 Å². The molecule has 0 spiro atoms. The number of ether oxygens (including phenoxy) is 4. The molecule has 0 aliphatic rings. The Labute approximate surface area is 131 Å². The number of methoxy groups -OCH3 is 3. The van der Waals surface area contributed by atoms with Crippen molar-refractivity contribution in [1.82, 2.24) is 0 Å². The highest BCUT2D eigenvalue weighted by Gasteiger charge is 2.07. The molecule has 0 amide bonds. The van der Waals surface area contributed by atoms with Gasteiger partial charge < -0.3 is 18.9 Å². The van der Waals surface area contributed by atoms with Crippen LogP contribution in [0.25, 0.3) is 0 Å². The van der Waals surface area contributed by atoms with Crippen molar-refractivity contribution >= 4 is 0 Å². The summed E-state index contributed by atoms with van der Waals surface area (Å²) in [4.78, 5) is 0. The first-order valence-electron chi connectivity index (χ1n) is 7.12. The van der Waals surface area contributed by atoms with Gasteiger partial charge in [0, 0.05) is 26.9 Å². The van der Waals surface area contributed by atoms with Crippen LogP contribution in [-0.4, -0.2) is 21.3 Å². The van der Waals surface area contributed by atoms with Crippen molar-refractivity contribution in [3.05, 3.63) is 59.2 Å². The van der Waals surface area contributed by atoms with Crippen LogP contribution in [0.1, 0.15) is 16.7 Å². The fourth-order valence-electron chi connectivity index (χ4n) is 2.20. The van der Waals surface area contributed by atoms with E-state index in [0.29, 0.717) is 19.8 Å². The summed E-state index contributed by atoms with van der Waals surface area (Å²) in [6.07, 6.45) is 0. The second-order valence-corrected chi connectivity index (χ2v) is 4.99. The highest BCUT2D eigenvalue weighted by molar-refractivity contribution is 5.40. The second kappa shape index (κ2) is 8.54. The third-order valence-electron chi connectivity index (χ3n) is 3.20. The molecule has 0 fully saturated rings. The zero-order chi connectivity index (χ0) is 15.8. The van der Waals surface area contributed by atoms with Crippen LogP contribution in [0.4, 0.5) is 0 Å². The van der Waals surface area contributed by atoms with E-state index in [1.54, 1.807) is 21.3 Å². The number of rotatable bonds is 8. The third-order valence-corrected chi connectivity index (χ3v) is 3.20. The molecule has 0 atom stereocenters. The van der Waals surface area contributed by atoms with Gasteiger partial charge >= 0.3 is 0 Å². The molecule has 0 radical (unpaired) electrons. The second-order valence-electron chi connectivity index (χ2n) is 4.99. The molecule has 2 rings (SSSR count). The van der Waals surface area contributed by atoms with Crippen LogP contribution < -0.4 is 4.74 Å². The van der Waals surface area contributed by atoms with E-state index in [0.717, 1.165) is 28.2 Å². The van der Waals surface area contributed by atoms with Crippen LogP contribution in [-0.2, 0) is 34.0 Å². The molecule has 0 aromatic heterocycles. The van der Waals surface area contributed by atoms with Gasteiger partial charge in [-0.1, -0.05) is 18.2 Å². The molecular formula is C18H22O4. The van der Waals surface area contributed by atoms with Crippen LogP contribution in [0.3, 0.4) is 0 Å². The molecule has 2 aromatic carbocycles. The van der Waals surface area contributed by atoms with E-state index in [-0.39, 0.29) is 0 Å². The van der Waals surface area contributed by atoms with E-state index < -0.39 is 0 Å². The minimum Gasteiger partial charge on any atom is -0.457 e. The molecule has 22 heavy (non-hydrogen) atoms. The number of benzene rings is 2. The lowest BCUT2D eigenvalue weighted by Crippen LogP contribution is -1.97. The van der Waals surface area contributed by atoms with Gasteiger partial charge in [0.05, 0.1) is 19.8 Å². The molecule has 0 saturated carbocycles. The molecule has 0 aliphatic heterocycles. The lowest BCUT2D eigenvalue weighted by molar-refractivity contribution is 0.178. The number of hydrogen-bond acceptors (Lipinski definition) is 4. The lowest BCUT2D eigenvalue weighted by atomic mass is 10.1. The van der Waals surface area contributed by atoms with Crippen molar-refractivity contribution in [2.75, 3.05) is 21.3 Å². The average Bonchev–Trinajstić information content (AvgIpc) is 2.52. The molecule has 118 valence electrons. The van der Waals surface area contributed by atoms with Crippen molar-refractivity contribution in [2.45, 2.75) is 19.8 Å². The van der Waals surface area contributed by atoms with Crippen molar-refractivity contribution in [3.8, 4) is 11.5 Å². The summed E-state index contributed by atoms with van der Waals surface area (Å²) in [7, 11) is 5.04. The fourth-order valence-corrected chi connectivity index (χ4v) is 2.20. The van der Waals surface area contributed by atoms with Crippen LogP contribution in [0.5, 0.6) is 11.5 Å². The molecule has 0 bridgehead atoms. The molecule has 0 aliphatic carbocycles. The van der Waals surface area contributed by atoms with Gasteiger partial charge in [0.25, 0.3) is 0 Å². The van der Waals surface area contributed by atoms with Crippen molar-refractivity contribution in [3.63, 3.8) is 0 Å². The maximum atomic E-state index is 5.97. The van der Waals surface area contributed by atoms with E-state index in [1.165, 1.54) is 0 Å². The Morgan fingerprint density at radius 3 is 1.91 bits per heavy atom. The van der Waals surface area contributed by atoms with Gasteiger partial charge in [-0.2, -0.15) is 0 Å². The average molecular weight is 302 g/mol. The molecule has 0 heterocycles. The summed E-state index contributed by atoms with van der Waals surface area (Å²) in [5.74, 6) is 1.58. The minimum atomic E-state index is 0.495. The molecule has 4 heteroatoms. The summed E-state index contributed by atoms with van der Waals surface area (Å²) in [5, 5.41) is 0. The number of hydrogen-bond donors (Lipinski definition) is 0. The Kier molecular flexibility index (Phi) is 6.40. The summed E-state index contributed by atoms with van der Waals surface area (Å²) in [5.41, 5.74) is 3.21. The lowest BCUT2D eigenvalue weighted by Gasteiger charge is -2.13. The SMILES string of the molecule is COCc1ccc(Oc2ccc(COC)cc2COC)cc1. The summed E-state index contributed by atoms with van der Waals surface area (Å²) < 4.78 is 21.5. The van der Waals surface area contributed by atoms with Crippen molar-refractivity contribution in [2.24, 2.45) is 0 Å². The summed E-state index contributed by atoms with van der Waals surface area (Å²) in [6, 6.07) is 13.9. The van der Waals surface area contributed by atoms with Crippen LogP contribution in [0.2, 0.25) is 0 Å². The largest absolute Gasteiger partial charge is 0.457 e. The maximum absolute atomic E-state index is 5.97. The highest BCUT2D eigenvalue weighted by Crippen LogP contribution is 2.27. The van der Waals surface area contributed by atoms with Crippen molar-refractivity contribution in [1.29, 1.82) is 0 Å². The molecule has 2 aromatic rings. The Hall–Kier alpha value is -1.88. The molecule has 0 saturated heterocycles. The fraction of sp³-hybridized carbons (Fsp3) is 0.333. The van der Waals surface area contributed by atoms with Crippen LogP contribution in [0.15, 0.2) is 42.5 Å². The standard InChI is InChI=1S/C18H22O4/c1-19-11-14-4-7-17(8-5-14)22-18-9-6-15(12-20-2)10-16(18)13-21-3/h4-10H,11-13H2,1-3H3. The Balaban J connectivity index is 2.16. The Morgan fingerprint density at radius 2 is 1.27 bits per heavy atom. The molecule has 0 N–H and O–H groups in total. The normalized spacial score (nSPS) is 10.7. The minimum absolute atomic E-state index is 0.495. The quantitative estimate of drug-likeness (QED) is 0.740. The molecular weight excluding hydrogens is 280 g/mol. The van der Waals surface area contributed by atoms with Crippen LogP contribution >= 0.6 is 0 Å². The van der Waals surface area contributed by atoms with E-state index in [1.807, 2.05) is 42.5 Å². The van der Waals surface area contributed by atoms with E-state index in [2.05, 4.69) is 0 Å². The van der Waals surface area contributed by atoms with Crippen molar-refractivity contribution < 1.29 is 18.9 Å². The topological polar surface area (TPSA) is 36.9 Å². The van der Waals surface area contributed by atoms with Gasteiger partial charge in [0.2, 0.25) is 0 Å². The van der Waals surface area contributed by atoms with E-state index in [4.69, 9.17) is 18.9 Å². The van der Waals surface area contributed by atoms with Gasteiger partial charge in [-0.25, -0.2) is 0 Å². The molecule has 4 nitrogen and oxygen atoms in total. The van der Waals surface area contributed by atoms with Gasteiger partial charge in [-0.15, -0.1) is 0 Å². The van der Waals surface area contributed by atoms with Gasteiger partial charge in [-0.05, 0) is 35.4 Å². The Morgan fingerprint density at radius 1 is 0.682 bits per heavy atom. The summed E-state index contributed by atoms with van der Waals surface area (Å²) in [6.45, 7) is 1.66. The van der Waals surface area contributed by atoms with Gasteiger partial charge in [-0.3, -0.25) is 0 Å². The zero-order valence-corrected chi connectivity index (χ0v) is 13.3. The van der Waals surface area contributed by atoms with Crippen LogP contribution in [0, 0.1) is 0 Å². The summed E-state index contributed by atoms with van der Waals surface area (Å²) >= 11 is 0. The molecule has 0 unspecified atom stereocenters. The first-order chi connectivity index (χ1) is 10.8. The monoisotopic (exact) mass is 302 g/mol. The first kappa shape index (κ1) is 16.5. The van der Waals surface area contributed by atoms with Gasteiger partial charge in [0.1, 0.15) is 11.5 Å². The smallest absolute Gasteiger partial charge is 0.132 e. The highest BCUT2D eigenvalue weighted by atomic mass is 16.5. The third kappa shape index (κ3) is 4.56. The van der Waals surface area contributed by atoms with Gasteiger partial charge in [0.15, 0.2) is 0 Å². The zero-order valence-electron chi connectivity index (χ0n) is 13.3. The predicted molar refractivity (Wildman–Crippen MR) is 85.1 cm³/mol. The predicted octanol–water partition coefficient (Wildman–Crippen LogP) is 3.92. The Bertz CT molecular complexity index is 578. The maximum Gasteiger partial charge on any atom is 0.132 e. The first-order valence-corrected chi connectivity index (χ1v) is 7.12.